The van der Waals surface area contributed by atoms with Crippen molar-refractivity contribution in [3.63, 3.8) is 0 Å². The number of nitrogens with one attached hydrogen (secondary N) is 1. The second kappa shape index (κ2) is 11.4. The summed E-state index contributed by atoms with van der Waals surface area (Å²) in [7, 11) is 0. The van der Waals surface area contributed by atoms with Gasteiger partial charge in [-0.2, -0.15) is 5.26 Å². The molecule has 0 fully saturated rings. The highest BCUT2D eigenvalue weighted by Gasteiger charge is 2.15. The quantitative estimate of drug-likeness (QED) is 0.250. The van der Waals surface area contributed by atoms with E-state index in [2.05, 4.69) is 53.3 Å². The number of benzene rings is 3. The van der Waals surface area contributed by atoms with E-state index >= 15 is 0 Å². The Morgan fingerprint density at radius 2 is 1.85 bits per heavy atom. The molecule has 0 aromatic heterocycles. The topological polar surface area (TPSA) is 62.1 Å². The van der Waals surface area contributed by atoms with Gasteiger partial charge >= 0.3 is 0 Å². The molecular weight excluding hydrogens is 512 g/mol. The molecule has 0 bridgehead atoms. The fourth-order valence-corrected chi connectivity index (χ4v) is 4.57. The summed E-state index contributed by atoms with van der Waals surface area (Å²) >= 11 is 9.82. The average Bonchev–Trinajstić information content (AvgIpc) is 2.77. The van der Waals surface area contributed by atoms with Crippen LogP contribution in [0.15, 0.2) is 58.6 Å². The first-order valence-electron chi connectivity index (χ1n) is 10.9. The van der Waals surface area contributed by atoms with Crippen LogP contribution in [-0.2, 0) is 11.2 Å². The van der Waals surface area contributed by atoms with E-state index in [0.29, 0.717) is 35.1 Å². The molecule has 1 amide bonds. The standard InChI is InChI=1S/C28H26BrClN2O2/c1-5-34-27-15-21(14-24(29)23(27)13-20-10-17(2)9-18(3)11-20)12-22(16-31)28(33)32-26-8-6-7-25(30)19(26)4/h6-12,14-15H,5,13H2,1-4H3,(H,32,33)/b22-12+. The molecule has 3 aromatic carbocycles. The highest BCUT2D eigenvalue weighted by atomic mass is 79.9. The monoisotopic (exact) mass is 536 g/mol. The van der Waals surface area contributed by atoms with Crippen LogP contribution in [0.3, 0.4) is 0 Å². The van der Waals surface area contributed by atoms with E-state index in [4.69, 9.17) is 16.3 Å². The summed E-state index contributed by atoms with van der Waals surface area (Å²) < 4.78 is 6.79. The average molecular weight is 538 g/mol. The minimum Gasteiger partial charge on any atom is -0.494 e. The van der Waals surface area contributed by atoms with Crippen molar-refractivity contribution in [2.24, 2.45) is 0 Å². The summed E-state index contributed by atoms with van der Waals surface area (Å²) in [6, 6.07) is 17.5. The Labute approximate surface area is 214 Å². The summed E-state index contributed by atoms with van der Waals surface area (Å²) in [4.78, 5) is 12.8. The lowest BCUT2D eigenvalue weighted by atomic mass is 9.98. The summed E-state index contributed by atoms with van der Waals surface area (Å²) in [6.07, 6.45) is 2.26. The van der Waals surface area contributed by atoms with Crippen LogP contribution in [0.1, 0.15) is 40.3 Å². The van der Waals surface area contributed by atoms with Crippen molar-refractivity contribution < 1.29 is 9.53 Å². The predicted molar refractivity (Wildman–Crippen MR) is 142 cm³/mol. The largest absolute Gasteiger partial charge is 0.494 e. The zero-order valence-electron chi connectivity index (χ0n) is 19.6. The number of hydrogen-bond donors (Lipinski definition) is 1. The first-order valence-corrected chi connectivity index (χ1v) is 12.1. The number of nitriles is 1. The van der Waals surface area contributed by atoms with Crippen molar-refractivity contribution in [3.8, 4) is 11.8 Å². The van der Waals surface area contributed by atoms with Crippen LogP contribution in [0.4, 0.5) is 5.69 Å². The van der Waals surface area contributed by atoms with Crippen molar-refractivity contribution >= 4 is 45.2 Å². The Bertz CT molecular complexity index is 1290. The maximum absolute atomic E-state index is 12.8. The Balaban J connectivity index is 1.94. The molecule has 3 aromatic rings. The van der Waals surface area contributed by atoms with Crippen molar-refractivity contribution in [1.82, 2.24) is 0 Å². The minimum absolute atomic E-state index is 0.0178. The molecule has 6 heteroatoms. The third-order valence-electron chi connectivity index (χ3n) is 5.33. The van der Waals surface area contributed by atoms with Crippen LogP contribution in [0, 0.1) is 32.1 Å². The Morgan fingerprint density at radius 3 is 2.50 bits per heavy atom. The fraction of sp³-hybridized carbons (Fsp3) is 0.214. The molecule has 0 saturated heterocycles. The molecule has 0 aliphatic carbocycles. The first kappa shape index (κ1) is 25.6. The van der Waals surface area contributed by atoms with Crippen molar-refractivity contribution in [1.29, 1.82) is 5.26 Å². The summed E-state index contributed by atoms with van der Waals surface area (Å²) in [5.41, 5.74) is 6.61. The van der Waals surface area contributed by atoms with Gasteiger partial charge < -0.3 is 10.1 Å². The molecule has 1 N–H and O–H groups in total. The molecule has 4 nitrogen and oxygen atoms in total. The van der Waals surface area contributed by atoms with Gasteiger partial charge in [0.15, 0.2) is 0 Å². The normalized spacial score (nSPS) is 11.1. The molecule has 0 aliphatic rings. The van der Waals surface area contributed by atoms with Crippen molar-refractivity contribution in [2.45, 2.75) is 34.1 Å². The van der Waals surface area contributed by atoms with Crippen molar-refractivity contribution in [2.75, 3.05) is 11.9 Å². The number of carbonyl (C=O) groups is 1. The van der Waals surface area contributed by atoms with Gasteiger partial charge in [0, 0.05) is 27.2 Å². The third-order valence-corrected chi connectivity index (χ3v) is 6.45. The number of hydrogen-bond acceptors (Lipinski definition) is 3. The van der Waals surface area contributed by atoms with Gasteiger partial charge in [-0.25, -0.2) is 0 Å². The number of carbonyl (C=O) groups excluding carboxylic acids is 1. The molecule has 3 rings (SSSR count). The maximum atomic E-state index is 12.8. The Kier molecular flexibility index (Phi) is 8.55. The van der Waals surface area contributed by atoms with Gasteiger partial charge in [0.05, 0.1) is 6.61 Å². The molecule has 0 unspecified atom stereocenters. The number of aryl methyl sites for hydroxylation is 2. The van der Waals surface area contributed by atoms with Gasteiger partial charge in [0.2, 0.25) is 0 Å². The minimum atomic E-state index is -0.499. The SMILES string of the molecule is CCOc1cc(/C=C(\C#N)C(=O)Nc2cccc(Cl)c2C)cc(Br)c1Cc1cc(C)cc(C)c1. The van der Waals surface area contributed by atoms with Crippen LogP contribution in [0.25, 0.3) is 6.08 Å². The van der Waals surface area contributed by atoms with Crippen LogP contribution in [0.5, 0.6) is 5.75 Å². The molecule has 34 heavy (non-hydrogen) atoms. The van der Waals surface area contributed by atoms with Crippen LogP contribution in [0.2, 0.25) is 5.02 Å². The summed E-state index contributed by atoms with van der Waals surface area (Å²) in [5, 5.41) is 13.0. The zero-order valence-corrected chi connectivity index (χ0v) is 22.0. The van der Waals surface area contributed by atoms with E-state index in [1.54, 1.807) is 24.3 Å². The molecule has 0 heterocycles. The predicted octanol–water partition coefficient (Wildman–Crippen LogP) is 7.56. The lowest BCUT2D eigenvalue weighted by Crippen LogP contribution is -2.14. The Morgan fingerprint density at radius 1 is 1.15 bits per heavy atom. The smallest absolute Gasteiger partial charge is 0.266 e. The number of rotatable bonds is 7. The maximum Gasteiger partial charge on any atom is 0.266 e. The van der Waals surface area contributed by atoms with Gasteiger partial charge in [0.25, 0.3) is 5.91 Å². The fourth-order valence-electron chi connectivity index (χ4n) is 3.79. The van der Waals surface area contributed by atoms with Crippen LogP contribution >= 0.6 is 27.5 Å². The first-order chi connectivity index (χ1) is 16.2. The van der Waals surface area contributed by atoms with Crippen LogP contribution in [-0.4, -0.2) is 12.5 Å². The van der Waals surface area contributed by atoms with E-state index in [1.807, 2.05) is 32.0 Å². The number of anilines is 1. The van der Waals surface area contributed by atoms with Gasteiger partial charge in [-0.1, -0.05) is 62.9 Å². The van der Waals surface area contributed by atoms with E-state index in [0.717, 1.165) is 15.6 Å². The molecule has 0 atom stereocenters. The van der Waals surface area contributed by atoms with Gasteiger partial charge in [0.1, 0.15) is 17.4 Å². The van der Waals surface area contributed by atoms with Gasteiger partial charge in [-0.3, -0.25) is 4.79 Å². The van der Waals surface area contributed by atoms with E-state index < -0.39 is 5.91 Å². The van der Waals surface area contributed by atoms with Gasteiger partial charge in [-0.15, -0.1) is 0 Å². The zero-order chi connectivity index (χ0) is 24.8. The number of ether oxygens (including phenoxy) is 1. The third kappa shape index (κ3) is 6.28. The van der Waals surface area contributed by atoms with E-state index in [1.165, 1.54) is 16.7 Å². The molecule has 174 valence electrons. The molecule has 0 spiro atoms. The molecule has 0 aliphatic heterocycles. The highest BCUT2D eigenvalue weighted by molar-refractivity contribution is 9.10. The lowest BCUT2D eigenvalue weighted by Gasteiger charge is -2.15. The number of halogens is 2. The van der Waals surface area contributed by atoms with E-state index in [9.17, 15) is 10.1 Å². The van der Waals surface area contributed by atoms with E-state index in [-0.39, 0.29) is 5.57 Å². The summed E-state index contributed by atoms with van der Waals surface area (Å²) in [6.45, 7) is 8.41. The second-order valence-corrected chi connectivity index (χ2v) is 9.38. The van der Waals surface area contributed by atoms with Crippen molar-refractivity contribution in [3.05, 3.63) is 97.0 Å². The second-order valence-electron chi connectivity index (χ2n) is 8.12. The summed E-state index contributed by atoms with van der Waals surface area (Å²) in [5.74, 6) is 0.215. The number of amides is 1. The van der Waals surface area contributed by atoms with Crippen LogP contribution < -0.4 is 10.1 Å². The number of nitrogens with zero attached hydrogens (tertiary/aromatic N) is 1. The highest BCUT2D eigenvalue weighted by Crippen LogP contribution is 2.33. The Hall–Kier alpha value is -3.07. The molecular formula is C28H26BrClN2O2. The molecule has 0 saturated carbocycles. The lowest BCUT2D eigenvalue weighted by molar-refractivity contribution is -0.112. The molecule has 0 radical (unpaired) electrons. The van der Waals surface area contributed by atoms with Gasteiger partial charge in [-0.05, 0) is 74.7 Å².